The second kappa shape index (κ2) is 8.83. The normalized spacial score (nSPS) is 17.5. The van der Waals surface area contributed by atoms with Gasteiger partial charge < -0.3 is 24.8 Å². The summed E-state index contributed by atoms with van der Waals surface area (Å²) in [6.45, 7) is 6.26. The molecule has 4 heterocycles. The van der Waals surface area contributed by atoms with Gasteiger partial charge in [-0.3, -0.25) is 0 Å². The monoisotopic (exact) mass is 383 g/mol. The Morgan fingerprint density at radius 2 is 1.64 bits per heavy atom. The molecule has 2 aromatic heterocycles. The van der Waals surface area contributed by atoms with Gasteiger partial charge in [0.15, 0.2) is 0 Å². The Bertz CT molecular complexity index is 775. The first kappa shape index (κ1) is 18.4. The molecular formula is C19H25N7O2. The van der Waals surface area contributed by atoms with E-state index in [4.69, 9.17) is 4.74 Å². The van der Waals surface area contributed by atoms with Gasteiger partial charge in [0.25, 0.3) is 0 Å². The van der Waals surface area contributed by atoms with Gasteiger partial charge in [-0.05, 0) is 12.1 Å². The Morgan fingerprint density at radius 1 is 0.929 bits per heavy atom. The Kier molecular flexibility index (Phi) is 5.81. The number of carbonyl (C=O) groups excluding carboxylic acids is 1. The second-order valence-electron chi connectivity index (χ2n) is 6.77. The van der Waals surface area contributed by atoms with Crippen LogP contribution in [0, 0.1) is 0 Å². The zero-order chi connectivity index (χ0) is 19.2. The topological polar surface area (TPSA) is 86.7 Å². The van der Waals surface area contributed by atoms with Crippen molar-refractivity contribution in [3.63, 3.8) is 0 Å². The number of piperazine rings is 1. The lowest BCUT2D eigenvalue weighted by Gasteiger charge is -2.34. The van der Waals surface area contributed by atoms with Gasteiger partial charge >= 0.3 is 6.03 Å². The molecule has 0 aliphatic carbocycles. The van der Waals surface area contributed by atoms with Gasteiger partial charge in [-0.25, -0.2) is 19.7 Å². The van der Waals surface area contributed by atoms with Crippen LogP contribution in [-0.2, 0) is 11.3 Å². The number of anilines is 2. The summed E-state index contributed by atoms with van der Waals surface area (Å²) in [5.74, 6) is 1.64. The van der Waals surface area contributed by atoms with Crippen LogP contribution >= 0.6 is 0 Å². The number of hydrogen-bond donors (Lipinski definition) is 1. The molecule has 9 heteroatoms. The molecular weight excluding hydrogens is 358 g/mol. The molecule has 2 aromatic rings. The minimum Gasteiger partial charge on any atom is -0.378 e. The van der Waals surface area contributed by atoms with Crippen molar-refractivity contribution in [2.24, 2.45) is 0 Å². The van der Waals surface area contributed by atoms with Crippen LogP contribution in [0.3, 0.4) is 0 Å². The van der Waals surface area contributed by atoms with Gasteiger partial charge in [-0.1, -0.05) is 6.07 Å². The minimum absolute atomic E-state index is 0.0505. The number of hydrogen-bond acceptors (Lipinski definition) is 7. The molecule has 0 unspecified atom stereocenters. The molecule has 0 saturated carbocycles. The molecule has 9 nitrogen and oxygen atoms in total. The van der Waals surface area contributed by atoms with Crippen LogP contribution in [-0.4, -0.2) is 78.4 Å². The number of pyridine rings is 1. The van der Waals surface area contributed by atoms with Crippen molar-refractivity contribution in [3.05, 3.63) is 42.4 Å². The highest BCUT2D eigenvalue weighted by molar-refractivity contribution is 5.74. The van der Waals surface area contributed by atoms with Crippen molar-refractivity contribution in [2.75, 3.05) is 62.3 Å². The van der Waals surface area contributed by atoms with Gasteiger partial charge in [0.2, 0.25) is 5.95 Å². The summed E-state index contributed by atoms with van der Waals surface area (Å²) < 4.78 is 5.42. The van der Waals surface area contributed by atoms with E-state index in [9.17, 15) is 4.79 Å². The van der Waals surface area contributed by atoms with Crippen molar-refractivity contribution in [2.45, 2.75) is 6.54 Å². The maximum absolute atomic E-state index is 12.6. The van der Waals surface area contributed by atoms with Gasteiger partial charge in [0.05, 0.1) is 13.2 Å². The number of amides is 2. The van der Waals surface area contributed by atoms with E-state index in [0.29, 0.717) is 38.8 Å². The highest BCUT2D eigenvalue weighted by Crippen LogP contribution is 2.18. The number of aromatic nitrogens is 3. The van der Waals surface area contributed by atoms with E-state index < -0.39 is 0 Å². The molecule has 0 radical (unpaired) electrons. The molecule has 2 aliphatic rings. The SMILES string of the molecule is O=C(NCc1cccnc1N1CCOCC1)N1CCN(c2ncccn2)CC1. The zero-order valence-corrected chi connectivity index (χ0v) is 15.8. The molecule has 0 aromatic carbocycles. The van der Waals surface area contributed by atoms with Gasteiger partial charge in [0, 0.05) is 70.0 Å². The maximum atomic E-state index is 12.6. The number of urea groups is 1. The first-order valence-electron chi connectivity index (χ1n) is 9.62. The number of carbonyl (C=O) groups is 1. The third-order valence-electron chi connectivity index (χ3n) is 5.01. The molecule has 2 fully saturated rings. The quantitative estimate of drug-likeness (QED) is 0.833. The lowest BCUT2D eigenvalue weighted by atomic mass is 10.2. The third-order valence-corrected chi connectivity index (χ3v) is 5.01. The summed E-state index contributed by atoms with van der Waals surface area (Å²) in [4.78, 5) is 31.8. The Labute approximate surface area is 164 Å². The Hall–Kier alpha value is -2.94. The van der Waals surface area contributed by atoms with Crippen LogP contribution < -0.4 is 15.1 Å². The number of ether oxygens (including phenoxy) is 1. The van der Waals surface area contributed by atoms with Gasteiger partial charge in [0.1, 0.15) is 5.82 Å². The third kappa shape index (κ3) is 4.30. The molecule has 1 N–H and O–H groups in total. The van der Waals surface area contributed by atoms with Crippen LogP contribution in [0.1, 0.15) is 5.56 Å². The van der Waals surface area contributed by atoms with Crippen molar-refractivity contribution < 1.29 is 9.53 Å². The average molecular weight is 383 g/mol. The standard InChI is InChI=1S/C19H25N7O2/c27-19(26-9-7-25(8-10-26)18-21-5-2-6-22-18)23-15-16-3-1-4-20-17(16)24-11-13-28-14-12-24/h1-6H,7-15H2,(H,23,27). The van der Waals surface area contributed by atoms with E-state index >= 15 is 0 Å². The molecule has 148 valence electrons. The van der Waals surface area contributed by atoms with E-state index in [1.165, 1.54) is 0 Å². The number of rotatable bonds is 4. The van der Waals surface area contributed by atoms with Crippen molar-refractivity contribution in [1.82, 2.24) is 25.2 Å². The Morgan fingerprint density at radius 3 is 2.39 bits per heavy atom. The van der Waals surface area contributed by atoms with Crippen molar-refractivity contribution in [1.29, 1.82) is 0 Å². The van der Waals surface area contributed by atoms with E-state index in [2.05, 4.69) is 30.1 Å². The van der Waals surface area contributed by atoms with E-state index in [-0.39, 0.29) is 6.03 Å². The number of morpholine rings is 1. The largest absolute Gasteiger partial charge is 0.378 e. The summed E-state index contributed by atoms with van der Waals surface area (Å²) >= 11 is 0. The summed E-state index contributed by atoms with van der Waals surface area (Å²) in [5, 5.41) is 3.04. The zero-order valence-electron chi connectivity index (χ0n) is 15.8. The first-order valence-corrected chi connectivity index (χ1v) is 9.62. The summed E-state index contributed by atoms with van der Waals surface area (Å²) in [7, 11) is 0. The van der Waals surface area contributed by atoms with Crippen LogP contribution in [0.25, 0.3) is 0 Å². The predicted molar refractivity (Wildman–Crippen MR) is 105 cm³/mol. The molecule has 28 heavy (non-hydrogen) atoms. The van der Waals surface area contributed by atoms with Crippen LogP contribution in [0.2, 0.25) is 0 Å². The maximum Gasteiger partial charge on any atom is 0.317 e. The molecule has 2 saturated heterocycles. The predicted octanol–water partition coefficient (Wildman–Crippen LogP) is 0.740. The highest BCUT2D eigenvalue weighted by atomic mass is 16.5. The molecule has 0 spiro atoms. The molecule has 2 amide bonds. The fraction of sp³-hybridized carbons (Fsp3) is 0.474. The number of nitrogens with one attached hydrogen (secondary N) is 1. The summed E-state index contributed by atoms with van der Waals surface area (Å²) in [5.41, 5.74) is 1.02. The lowest BCUT2D eigenvalue weighted by molar-refractivity contribution is 0.122. The summed E-state index contributed by atoms with van der Waals surface area (Å²) in [6, 6.07) is 5.68. The van der Waals surface area contributed by atoms with Crippen LogP contribution in [0.4, 0.5) is 16.6 Å². The molecule has 2 aliphatic heterocycles. The van der Waals surface area contributed by atoms with Crippen molar-refractivity contribution >= 4 is 17.8 Å². The lowest BCUT2D eigenvalue weighted by Crippen LogP contribution is -2.52. The van der Waals surface area contributed by atoms with E-state index in [1.54, 1.807) is 24.7 Å². The fourth-order valence-corrected chi connectivity index (χ4v) is 3.47. The molecule has 0 atom stereocenters. The van der Waals surface area contributed by atoms with Gasteiger partial charge in [-0.15, -0.1) is 0 Å². The van der Waals surface area contributed by atoms with Crippen LogP contribution in [0.5, 0.6) is 0 Å². The smallest absolute Gasteiger partial charge is 0.317 e. The minimum atomic E-state index is -0.0505. The molecule has 0 bridgehead atoms. The molecule has 4 rings (SSSR count). The van der Waals surface area contributed by atoms with Gasteiger partial charge in [-0.2, -0.15) is 0 Å². The highest BCUT2D eigenvalue weighted by Gasteiger charge is 2.23. The van der Waals surface area contributed by atoms with Crippen LogP contribution in [0.15, 0.2) is 36.8 Å². The van der Waals surface area contributed by atoms with E-state index in [1.807, 2.05) is 17.0 Å². The Balaban J connectivity index is 1.31. The first-order chi connectivity index (χ1) is 13.8. The average Bonchev–Trinajstić information content (AvgIpc) is 2.79. The van der Waals surface area contributed by atoms with Crippen molar-refractivity contribution in [3.8, 4) is 0 Å². The second-order valence-corrected chi connectivity index (χ2v) is 6.77. The fourth-order valence-electron chi connectivity index (χ4n) is 3.47. The van der Waals surface area contributed by atoms with E-state index in [0.717, 1.165) is 37.6 Å². The number of nitrogens with zero attached hydrogens (tertiary/aromatic N) is 6. The summed E-state index contributed by atoms with van der Waals surface area (Å²) in [6.07, 6.45) is 5.27.